The van der Waals surface area contributed by atoms with Crippen LogP contribution in [-0.4, -0.2) is 9.13 Å². The lowest BCUT2D eigenvalue weighted by Gasteiger charge is -2.12. The van der Waals surface area contributed by atoms with Crippen LogP contribution in [0.3, 0.4) is 0 Å². The maximum atomic E-state index is 2.42. The molecule has 2 heteroatoms. The van der Waals surface area contributed by atoms with Gasteiger partial charge in [0.15, 0.2) is 0 Å². The number of fused-ring (bicyclic) bond motifs is 9. The van der Waals surface area contributed by atoms with E-state index in [1.54, 1.807) is 0 Å². The summed E-state index contributed by atoms with van der Waals surface area (Å²) in [5.41, 5.74) is 5.61. The minimum atomic E-state index is 1.15. The monoisotopic (exact) mass is 446 g/mol. The van der Waals surface area contributed by atoms with Crippen LogP contribution >= 0.6 is 0 Å². The van der Waals surface area contributed by atoms with Crippen LogP contribution in [-0.2, 0) is 26.9 Å². The molecule has 6 aromatic rings. The Hall–Kier alpha value is -3.26. The summed E-state index contributed by atoms with van der Waals surface area (Å²) in [5, 5.41) is 10.8. The Balaban J connectivity index is 1.60. The Labute approximate surface area is 201 Å². The molecule has 0 bridgehead atoms. The summed E-state index contributed by atoms with van der Waals surface area (Å²) in [6.45, 7) is 4.54. The van der Waals surface area contributed by atoms with E-state index in [0.717, 1.165) is 12.8 Å². The summed E-state index contributed by atoms with van der Waals surface area (Å²) >= 11 is 0. The molecule has 0 radical (unpaired) electrons. The molecule has 2 nitrogen and oxygen atoms in total. The maximum Gasteiger partial charge on any atom is 0.0559 e. The van der Waals surface area contributed by atoms with E-state index >= 15 is 0 Å². The molecule has 0 N–H and O–H groups in total. The molecular weight excluding hydrogens is 412 g/mol. The highest BCUT2D eigenvalue weighted by Gasteiger charge is 2.14. The Morgan fingerprint density at radius 2 is 0.853 bits per heavy atom. The number of hydrogen-bond acceptors (Lipinski definition) is 0. The highest BCUT2D eigenvalue weighted by molar-refractivity contribution is 6.24. The minimum Gasteiger partial charge on any atom is -0.347 e. The lowest BCUT2D eigenvalue weighted by atomic mass is 9.95. The Morgan fingerprint density at radius 1 is 0.500 bits per heavy atom. The average molecular weight is 447 g/mol. The van der Waals surface area contributed by atoms with Crippen molar-refractivity contribution in [3.8, 4) is 0 Å². The van der Waals surface area contributed by atoms with Crippen molar-refractivity contribution in [1.82, 2.24) is 9.13 Å². The number of aryl methyl sites for hydroxylation is 4. The van der Waals surface area contributed by atoms with Crippen molar-refractivity contribution < 1.29 is 0 Å². The van der Waals surface area contributed by atoms with Gasteiger partial charge in [-0.25, -0.2) is 0 Å². The largest absolute Gasteiger partial charge is 0.347 e. The zero-order chi connectivity index (χ0) is 23.4. The van der Waals surface area contributed by atoms with Crippen molar-refractivity contribution in [2.75, 3.05) is 0 Å². The van der Waals surface area contributed by atoms with E-state index < -0.39 is 0 Å². The third-order valence-corrected chi connectivity index (χ3v) is 7.95. The van der Waals surface area contributed by atoms with Crippen LogP contribution in [0.1, 0.15) is 50.9 Å². The molecule has 0 aliphatic heterocycles. The van der Waals surface area contributed by atoms with E-state index in [4.69, 9.17) is 0 Å². The fourth-order valence-corrected chi connectivity index (χ4v) is 6.06. The fraction of sp³-hybridized carbons (Fsp3) is 0.312. The first kappa shape index (κ1) is 21.3. The maximum absolute atomic E-state index is 2.42. The second-order valence-corrected chi connectivity index (χ2v) is 10.0. The summed E-state index contributed by atoms with van der Waals surface area (Å²) in [4.78, 5) is 0. The fourth-order valence-electron chi connectivity index (χ4n) is 6.06. The summed E-state index contributed by atoms with van der Waals surface area (Å²) in [6.07, 6.45) is 7.24. The number of hydrogen-bond donors (Lipinski definition) is 0. The second-order valence-electron chi connectivity index (χ2n) is 10.0. The first-order valence-electron chi connectivity index (χ1n) is 13.0. The van der Waals surface area contributed by atoms with Crippen molar-refractivity contribution in [2.24, 2.45) is 14.1 Å². The molecule has 4 aromatic carbocycles. The van der Waals surface area contributed by atoms with Gasteiger partial charge in [0.1, 0.15) is 0 Å². The highest BCUT2D eigenvalue weighted by atomic mass is 14.9. The van der Waals surface area contributed by atoms with Gasteiger partial charge in [-0.2, -0.15) is 0 Å². The SMILES string of the molecule is CCCCc1cc2ccc3c4ccc5c(ccc6cc(CCCC)n(C)c65)c4ccc3c2n1C. The van der Waals surface area contributed by atoms with Crippen LogP contribution in [0.15, 0.2) is 60.7 Å². The Morgan fingerprint density at radius 3 is 1.26 bits per heavy atom. The number of aromatic nitrogens is 2. The minimum absolute atomic E-state index is 1.15. The number of benzene rings is 4. The van der Waals surface area contributed by atoms with Gasteiger partial charge >= 0.3 is 0 Å². The van der Waals surface area contributed by atoms with Gasteiger partial charge in [0, 0.05) is 47.0 Å². The second kappa shape index (κ2) is 8.20. The standard InChI is InChI=1S/C32H34N2/c1-5-7-9-23-19-21-11-13-27-25-16-18-30-28(26(25)15-17-29(27)31(21)33(23)3)14-12-22-20-24(10-8-6-2)34(4)32(22)30/h11-20H,5-10H2,1-4H3. The third-order valence-electron chi connectivity index (χ3n) is 7.95. The molecule has 0 fully saturated rings. The first-order valence-corrected chi connectivity index (χ1v) is 13.0. The number of nitrogens with zero attached hydrogens (tertiary/aromatic N) is 2. The molecular formula is C32H34N2. The topological polar surface area (TPSA) is 9.86 Å². The van der Waals surface area contributed by atoms with Gasteiger partial charge in [0.25, 0.3) is 0 Å². The van der Waals surface area contributed by atoms with E-state index in [0.29, 0.717) is 0 Å². The first-order chi connectivity index (χ1) is 16.6. The number of rotatable bonds is 6. The molecule has 0 saturated heterocycles. The van der Waals surface area contributed by atoms with Gasteiger partial charge in [0.2, 0.25) is 0 Å². The zero-order valence-corrected chi connectivity index (χ0v) is 20.9. The quantitative estimate of drug-likeness (QED) is 0.226. The Bertz CT molecular complexity index is 1570. The van der Waals surface area contributed by atoms with E-state index in [9.17, 15) is 0 Å². The van der Waals surface area contributed by atoms with Crippen LogP contribution < -0.4 is 0 Å². The van der Waals surface area contributed by atoms with E-state index in [-0.39, 0.29) is 0 Å². The van der Waals surface area contributed by atoms with Crippen molar-refractivity contribution >= 4 is 54.1 Å². The van der Waals surface area contributed by atoms with E-state index in [1.165, 1.54) is 91.2 Å². The van der Waals surface area contributed by atoms with Gasteiger partial charge in [0.05, 0.1) is 11.0 Å². The smallest absolute Gasteiger partial charge is 0.0559 e. The predicted molar refractivity (Wildman–Crippen MR) is 149 cm³/mol. The molecule has 0 aliphatic carbocycles. The average Bonchev–Trinajstić information content (AvgIpc) is 3.36. The lowest BCUT2D eigenvalue weighted by molar-refractivity contribution is 0.743. The summed E-state index contributed by atoms with van der Waals surface area (Å²) in [7, 11) is 4.47. The number of unbranched alkanes of at least 4 members (excludes halogenated alkanes) is 2. The zero-order valence-electron chi connectivity index (χ0n) is 20.9. The van der Waals surface area contributed by atoms with Gasteiger partial charge < -0.3 is 9.13 Å². The van der Waals surface area contributed by atoms with Crippen LogP contribution in [0.4, 0.5) is 0 Å². The molecule has 34 heavy (non-hydrogen) atoms. The van der Waals surface area contributed by atoms with E-state index in [2.05, 4.69) is 97.7 Å². The summed E-state index contributed by atoms with van der Waals surface area (Å²) < 4.78 is 4.84. The predicted octanol–water partition coefficient (Wildman–Crippen LogP) is 8.81. The van der Waals surface area contributed by atoms with Gasteiger partial charge in [-0.3, -0.25) is 0 Å². The molecule has 0 unspecified atom stereocenters. The van der Waals surface area contributed by atoms with Crippen LogP contribution in [0.25, 0.3) is 54.1 Å². The molecule has 172 valence electrons. The third kappa shape index (κ3) is 3.08. The Kier molecular flexibility index (Phi) is 5.13. The van der Waals surface area contributed by atoms with Crippen LogP contribution in [0.2, 0.25) is 0 Å². The molecule has 6 rings (SSSR count). The van der Waals surface area contributed by atoms with Gasteiger partial charge in [-0.05, 0) is 59.4 Å². The summed E-state index contributed by atoms with van der Waals surface area (Å²) in [5.74, 6) is 0. The van der Waals surface area contributed by atoms with Crippen molar-refractivity contribution in [1.29, 1.82) is 0 Å². The van der Waals surface area contributed by atoms with E-state index in [1.807, 2.05) is 0 Å². The lowest BCUT2D eigenvalue weighted by Crippen LogP contribution is -1.96. The summed E-state index contributed by atoms with van der Waals surface area (Å²) in [6, 6.07) is 23.5. The van der Waals surface area contributed by atoms with Crippen molar-refractivity contribution in [3.05, 3.63) is 72.1 Å². The van der Waals surface area contributed by atoms with Gasteiger partial charge in [-0.1, -0.05) is 75.2 Å². The van der Waals surface area contributed by atoms with Crippen LogP contribution in [0.5, 0.6) is 0 Å². The molecule has 0 aliphatic rings. The molecule has 0 spiro atoms. The highest BCUT2D eigenvalue weighted by Crippen LogP contribution is 2.38. The normalized spacial score (nSPS) is 12.2. The van der Waals surface area contributed by atoms with Crippen molar-refractivity contribution in [3.63, 3.8) is 0 Å². The molecule has 0 amide bonds. The van der Waals surface area contributed by atoms with Crippen LogP contribution in [0, 0.1) is 0 Å². The molecule has 0 atom stereocenters. The molecule has 2 aromatic heterocycles. The molecule has 2 heterocycles. The van der Waals surface area contributed by atoms with Gasteiger partial charge in [-0.15, -0.1) is 0 Å². The van der Waals surface area contributed by atoms with Crippen molar-refractivity contribution in [2.45, 2.75) is 52.4 Å². The molecule has 0 saturated carbocycles.